The molecule has 0 fully saturated rings. The van der Waals surface area contributed by atoms with Crippen molar-refractivity contribution in [3.63, 3.8) is 0 Å². The molecule has 0 amide bonds. The number of nitrogens with zero attached hydrogens (tertiary/aromatic N) is 1. The number of hydrogen-bond donors (Lipinski definition) is 0. The summed E-state index contributed by atoms with van der Waals surface area (Å²) in [6.07, 6.45) is 24.1. The van der Waals surface area contributed by atoms with Gasteiger partial charge in [-0.15, -0.1) is 0 Å². The second-order valence-electron chi connectivity index (χ2n) is 7.50. The number of pyridine rings is 1. The second-order valence-corrected chi connectivity index (χ2v) is 7.50. The van der Waals surface area contributed by atoms with E-state index in [0.29, 0.717) is 0 Å². The minimum Gasteiger partial charge on any atom is -0.205 e. The number of unbranched alkanes of at least 4 members (excludes halogenated alkanes) is 12. The summed E-state index contributed by atoms with van der Waals surface area (Å²) in [5.74, 6) is 0. The lowest BCUT2D eigenvalue weighted by Gasteiger charge is -2.01. The lowest BCUT2D eigenvalue weighted by Crippen LogP contribution is -2.32. The van der Waals surface area contributed by atoms with Crippen LogP contribution < -0.4 is 4.57 Å². The number of aryl methyl sites for hydroxylation is 2. The molecule has 1 aromatic heterocycles. The molecule has 1 nitrogen and oxygen atoms in total. The van der Waals surface area contributed by atoms with Crippen molar-refractivity contribution in [2.75, 3.05) is 0 Å². The largest absolute Gasteiger partial charge is 0.205 e. The Morgan fingerprint density at radius 2 is 0.920 bits per heavy atom. The van der Waals surface area contributed by atoms with Crippen LogP contribution >= 0.6 is 0 Å². The zero-order valence-corrected chi connectivity index (χ0v) is 17.9. The van der Waals surface area contributed by atoms with Crippen LogP contribution in [0.1, 0.15) is 116 Å². The van der Waals surface area contributed by atoms with Crippen LogP contribution in [0.2, 0.25) is 0 Å². The lowest BCUT2D eigenvalue weighted by molar-refractivity contribution is -0.697. The van der Waals surface area contributed by atoms with Gasteiger partial charge < -0.3 is 0 Å². The molecule has 146 valence electrons. The highest BCUT2D eigenvalue weighted by molar-refractivity contribution is 5.03. The summed E-state index contributed by atoms with van der Waals surface area (Å²) in [6, 6.07) is 4.38. The van der Waals surface area contributed by atoms with E-state index >= 15 is 0 Å². The van der Waals surface area contributed by atoms with Crippen molar-refractivity contribution in [1.82, 2.24) is 0 Å². The fraction of sp³-hybridized carbons (Fsp3) is 0.792. The number of aromatic nitrogens is 1. The van der Waals surface area contributed by atoms with Gasteiger partial charge in [0.25, 0.3) is 0 Å². The molecule has 0 saturated heterocycles. The Hall–Kier alpha value is -0.850. The van der Waals surface area contributed by atoms with Crippen molar-refractivity contribution in [3.05, 3.63) is 30.1 Å². The Morgan fingerprint density at radius 1 is 0.560 bits per heavy atom. The molecule has 1 heterocycles. The van der Waals surface area contributed by atoms with Gasteiger partial charge in [0.2, 0.25) is 0 Å². The lowest BCUT2D eigenvalue weighted by atomic mass is 10.1. The SMILES string of the molecule is CCCCCC.CCCCCCCCCCCC[n+]1ccc(C)cc1. The van der Waals surface area contributed by atoms with Crippen LogP contribution in [0.3, 0.4) is 0 Å². The molecule has 0 N–H and O–H groups in total. The van der Waals surface area contributed by atoms with Crippen LogP contribution in [-0.2, 0) is 6.54 Å². The molecule has 0 aliphatic heterocycles. The fourth-order valence-electron chi connectivity index (χ4n) is 2.96. The molecule has 1 heteroatoms. The van der Waals surface area contributed by atoms with Gasteiger partial charge in [0.1, 0.15) is 6.54 Å². The van der Waals surface area contributed by atoms with Crippen molar-refractivity contribution >= 4 is 0 Å². The molecule has 0 aromatic carbocycles. The molecule has 25 heavy (non-hydrogen) atoms. The second kappa shape index (κ2) is 19.5. The summed E-state index contributed by atoms with van der Waals surface area (Å²) in [6.45, 7) is 10.1. The maximum absolute atomic E-state index is 2.30. The third kappa shape index (κ3) is 17.8. The zero-order valence-electron chi connectivity index (χ0n) is 17.9. The van der Waals surface area contributed by atoms with Crippen molar-refractivity contribution in [1.29, 1.82) is 0 Å². The average Bonchev–Trinajstić information content (AvgIpc) is 2.63. The first-order valence-electron chi connectivity index (χ1n) is 11.2. The first-order valence-corrected chi connectivity index (χ1v) is 11.2. The summed E-state index contributed by atoms with van der Waals surface area (Å²) in [5, 5.41) is 0. The van der Waals surface area contributed by atoms with Gasteiger partial charge in [0, 0.05) is 18.6 Å². The van der Waals surface area contributed by atoms with Crippen molar-refractivity contribution < 1.29 is 4.57 Å². The molecule has 0 saturated carbocycles. The molecule has 1 aromatic rings. The van der Waals surface area contributed by atoms with E-state index in [1.54, 1.807) is 0 Å². The van der Waals surface area contributed by atoms with E-state index in [-0.39, 0.29) is 0 Å². The van der Waals surface area contributed by atoms with E-state index in [4.69, 9.17) is 0 Å². The maximum Gasteiger partial charge on any atom is 0.169 e. The topological polar surface area (TPSA) is 3.88 Å². The molecule has 0 bridgehead atoms. The highest BCUT2D eigenvalue weighted by Crippen LogP contribution is 2.10. The van der Waals surface area contributed by atoms with E-state index in [9.17, 15) is 0 Å². The molecular formula is C24H46N+. The van der Waals surface area contributed by atoms with Crippen LogP contribution in [0, 0.1) is 6.92 Å². The monoisotopic (exact) mass is 348 g/mol. The Balaban J connectivity index is 0.000000823. The van der Waals surface area contributed by atoms with Crippen LogP contribution in [0.25, 0.3) is 0 Å². The van der Waals surface area contributed by atoms with E-state index in [0.717, 1.165) is 0 Å². The van der Waals surface area contributed by atoms with Gasteiger partial charge in [0.15, 0.2) is 12.4 Å². The minimum atomic E-state index is 1.18. The smallest absolute Gasteiger partial charge is 0.169 e. The molecule has 0 radical (unpaired) electrons. The zero-order chi connectivity index (χ0) is 18.6. The Bertz CT molecular complexity index is 351. The van der Waals surface area contributed by atoms with Crippen molar-refractivity contribution in [2.24, 2.45) is 0 Å². The van der Waals surface area contributed by atoms with Crippen molar-refractivity contribution in [2.45, 2.75) is 124 Å². The average molecular weight is 349 g/mol. The highest BCUT2D eigenvalue weighted by Gasteiger charge is 1.99. The van der Waals surface area contributed by atoms with Crippen molar-refractivity contribution in [3.8, 4) is 0 Å². The predicted octanol–water partition coefficient (Wildman–Crippen LogP) is 7.79. The molecule has 0 aliphatic carbocycles. The van der Waals surface area contributed by atoms with Crippen LogP contribution in [0.4, 0.5) is 0 Å². The van der Waals surface area contributed by atoms with Gasteiger partial charge in [-0.05, 0) is 18.9 Å². The fourth-order valence-corrected chi connectivity index (χ4v) is 2.96. The molecule has 0 spiro atoms. The summed E-state index contributed by atoms with van der Waals surface area (Å²) >= 11 is 0. The Morgan fingerprint density at radius 3 is 1.36 bits per heavy atom. The highest BCUT2D eigenvalue weighted by atomic mass is 14.9. The van der Waals surface area contributed by atoms with Gasteiger partial charge >= 0.3 is 0 Å². The number of rotatable bonds is 14. The van der Waals surface area contributed by atoms with Gasteiger partial charge in [0.05, 0.1) is 0 Å². The third-order valence-electron chi connectivity index (χ3n) is 4.78. The normalized spacial score (nSPS) is 10.4. The van der Waals surface area contributed by atoms with Crippen LogP contribution in [0.15, 0.2) is 24.5 Å². The van der Waals surface area contributed by atoms with Gasteiger partial charge in [-0.1, -0.05) is 97.8 Å². The van der Waals surface area contributed by atoms with Gasteiger partial charge in [-0.25, -0.2) is 4.57 Å². The van der Waals surface area contributed by atoms with E-state index < -0.39 is 0 Å². The standard InChI is InChI=1S/C18H32N.C6H14/c1-3-4-5-6-7-8-9-10-11-12-15-19-16-13-18(2)14-17-19;1-3-5-6-4-2/h13-14,16-17H,3-12,15H2,1-2H3;3-6H2,1-2H3/q+1;. The molecule has 1 rings (SSSR count). The minimum absolute atomic E-state index is 1.18. The summed E-state index contributed by atoms with van der Waals surface area (Å²) < 4.78 is 2.30. The molecular weight excluding hydrogens is 302 g/mol. The molecule has 0 atom stereocenters. The third-order valence-corrected chi connectivity index (χ3v) is 4.78. The molecule has 0 unspecified atom stereocenters. The Kier molecular flexibility index (Phi) is 18.8. The van der Waals surface area contributed by atoms with E-state index in [1.807, 2.05) is 0 Å². The van der Waals surface area contributed by atoms with E-state index in [1.165, 1.54) is 102 Å². The Labute approximate surface area is 159 Å². The number of hydrogen-bond acceptors (Lipinski definition) is 0. The summed E-state index contributed by atoms with van der Waals surface area (Å²) in [5.41, 5.74) is 1.35. The molecule has 0 aliphatic rings. The quantitative estimate of drug-likeness (QED) is 0.238. The van der Waals surface area contributed by atoms with Crippen LogP contribution in [0.5, 0.6) is 0 Å². The van der Waals surface area contributed by atoms with Gasteiger partial charge in [-0.2, -0.15) is 0 Å². The first-order chi connectivity index (χ1) is 12.2. The maximum atomic E-state index is 2.30. The van der Waals surface area contributed by atoms with E-state index in [2.05, 4.69) is 56.8 Å². The van der Waals surface area contributed by atoms with Gasteiger partial charge in [-0.3, -0.25) is 0 Å². The predicted molar refractivity (Wildman–Crippen MR) is 113 cm³/mol. The summed E-state index contributed by atoms with van der Waals surface area (Å²) in [7, 11) is 0. The first kappa shape index (κ1) is 24.1. The summed E-state index contributed by atoms with van der Waals surface area (Å²) in [4.78, 5) is 0. The van der Waals surface area contributed by atoms with Crippen LogP contribution in [-0.4, -0.2) is 0 Å².